The summed E-state index contributed by atoms with van der Waals surface area (Å²) in [6.07, 6.45) is 0. The highest BCUT2D eigenvalue weighted by atomic mass is 35.5. The summed E-state index contributed by atoms with van der Waals surface area (Å²) in [5.41, 5.74) is 8.16. The van der Waals surface area contributed by atoms with Crippen LogP contribution in [0.1, 0.15) is 5.69 Å². The molecule has 0 aliphatic rings. The van der Waals surface area contributed by atoms with E-state index in [-0.39, 0.29) is 5.69 Å². The van der Waals surface area contributed by atoms with Crippen LogP contribution in [0.15, 0.2) is 24.3 Å². The number of nitrogen functional groups attached to an aromatic ring is 1. The zero-order valence-corrected chi connectivity index (χ0v) is 11.5. The number of pyridine rings is 1. The molecule has 2 heterocycles. The lowest BCUT2D eigenvalue weighted by molar-refractivity contribution is 1.26. The smallest absolute Gasteiger partial charge is 0.165 e. The van der Waals surface area contributed by atoms with Gasteiger partial charge in [-0.25, -0.2) is 4.98 Å². The molecule has 0 saturated heterocycles. The monoisotopic (exact) mass is 302 g/mol. The highest BCUT2D eigenvalue weighted by Gasteiger charge is 2.11. The molecule has 8 heteroatoms. The number of aromatic nitrogens is 3. The summed E-state index contributed by atoms with van der Waals surface area (Å²) in [7, 11) is 0. The Morgan fingerprint density at radius 3 is 2.90 bits per heavy atom. The highest BCUT2D eigenvalue weighted by molar-refractivity contribution is 7.00. The van der Waals surface area contributed by atoms with Crippen molar-refractivity contribution in [2.75, 3.05) is 11.1 Å². The molecule has 3 N–H and O–H groups in total. The molecule has 1 aromatic carbocycles. The molecule has 0 bridgehead atoms. The summed E-state index contributed by atoms with van der Waals surface area (Å²) in [5, 5.41) is 12.5. The lowest BCUT2D eigenvalue weighted by Gasteiger charge is -2.08. The summed E-state index contributed by atoms with van der Waals surface area (Å²) < 4.78 is 8.35. The van der Waals surface area contributed by atoms with Crippen molar-refractivity contribution in [3.8, 4) is 6.07 Å². The van der Waals surface area contributed by atoms with E-state index in [1.54, 1.807) is 24.3 Å². The summed E-state index contributed by atoms with van der Waals surface area (Å²) in [4.78, 5) is 4.12. The lowest BCUT2D eigenvalue weighted by atomic mass is 10.2. The van der Waals surface area contributed by atoms with E-state index in [9.17, 15) is 0 Å². The predicted octanol–water partition coefficient (Wildman–Crippen LogP) is 2.94. The molecule has 0 aliphatic carbocycles. The molecule has 3 aromatic rings. The molecule has 2 aromatic heterocycles. The first-order valence-electron chi connectivity index (χ1n) is 5.53. The van der Waals surface area contributed by atoms with Gasteiger partial charge < -0.3 is 11.1 Å². The first kappa shape index (κ1) is 12.6. The Hall–Kier alpha value is -2.43. The van der Waals surface area contributed by atoms with E-state index in [4.69, 9.17) is 22.6 Å². The van der Waals surface area contributed by atoms with Crippen LogP contribution in [0.4, 0.5) is 17.2 Å². The van der Waals surface area contributed by atoms with Gasteiger partial charge in [0.15, 0.2) is 5.69 Å². The Balaban J connectivity index is 2.07. The van der Waals surface area contributed by atoms with Crippen LogP contribution in [-0.4, -0.2) is 13.7 Å². The number of fused-ring (bicyclic) bond motifs is 1. The van der Waals surface area contributed by atoms with Gasteiger partial charge in [0.05, 0.1) is 28.1 Å². The number of nitriles is 1. The molecule has 6 nitrogen and oxygen atoms in total. The van der Waals surface area contributed by atoms with Crippen LogP contribution in [0, 0.1) is 11.3 Å². The summed E-state index contributed by atoms with van der Waals surface area (Å²) in [5.74, 6) is 0.471. The van der Waals surface area contributed by atoms with Gasteiger partial charge >= 0.3 is 0 Å². The van der Waals surface area contributed by atoms with Crippen molar-refractivity contribution in [2.45, 2.75) is 0 Å². The van der Waals surface area contributed by atoms with Crippen molar-refractivity contribution >= 4 is 51.6 Å². The standard InChI is InChI=1S/C12H7ClN6S/c13-6-1-3-8-12(19-20-18-8)11(6)17-10-4-2-7(15)9(5-14)16-10/h1-4H,15H2,(H,16,17). The van der Waals surface area contributed by atoms with Crippen LogP contribution < -0.4 is 11.1 Å². The molecule has 0 saturated carbocycles. The fourth-order valence-corrected chi connectivity index (χ4v) is 2.45. The number of nitrogens with one attached hydrogen (secondary N) is 1. The second kappa shape index (κ2) is 4.92. The number of benzene rings is 1. The normalized spacial score (nSPS) is 10.4. The van der Waals surface area contributed by atoms with Gasteiger partial charge in [0, 0.05) is 0 Å². The third-order valence-electron chi connectivity index (χ3n) is 2.66. The molecule has 20 heavy (non-hydrogen) atoms. The van der Waals surface area contributed by atoms with E-state index in [0.29, 0.717) is 27.7 Å². The van der Waals surface area contributed by atoms with Crippen LogP contribution in [-0.2, 0) is 0 Å². The summed E-state index contributed by atoms with van der Waals surface area (Å²) in [6.45, 7) is 0. The first-order valence-corrected chi connectivity index (χ1v) is 6.64. The van der Waals surface area contributed by atoms with Crippen molar-refractivity contribution in [1.82, 2.24) is 13.7 Å². The van der Waals surface area contributed by atoms with Gasteiger partial charge in [0.25, 0.3) is 0 Å². The molecule has 0 spiro atoms. The van der Waals surface area contributed by atoms with E-state index < -0.39 is 0 Å². The van der Waals surface area contributed by atoms with E-state index in [1.807, 2.05) is 6.07 Å². The van der Waals surface area contributed by atoms with Gasteiger partial charge in [-0.2, -0.15) is 14.0 Å². The van der Waals surface area contributed by atoms with Gasteiger partial charge in [0.2, 0.25) is 0 Å². The first-order chi connectivity index (χ1) is 9.69. The Morgan fingerprint density at radius 2 is 2.10 bits per heavy atom. The van der Waals surface area contributed by atoms with Crippen LogP contribution in [0.3, 0.4) is 0 Å². The Kier molecular flexibility index (Phi) is 3.10. The molecule has 0 fully saturated rings. The third kappa shape index (κ3) is 2.11. The van der Waals surface area contributed by atoms with Crippen molar-refractivity contribution in [3.63, 3.8) is 0 Å². The molecule has 0 aliphatic heterocycles. The van der Waals surface area contributed by atoms with Crippen molar-refractivity contribution in [1.29, 1.82) is 5.26 Å². The van der Waals surface area contributed by atoms with E-state index >= 15 is 0 Å². The van der Waals surface area contributed by atoms with Crippen molar-refractivity contribution in [3.05, 3.63) is 35.0 Å². The van der Waals surface area contributed by atoms with Crippen molar-refractivity contribution in [2.24, 2.45) is 0 Å². The van der Waals surface area contributed by atoms with Gasteiger partial charge in [-0.1, -0.05) is 11.6 Å². The molecule has 0 radical (unpaired) electrons. The average molecular weight is 303 g/mol. The van der Waals surface area contributed by atoms with Crippen molar-refractivity contribution < 1.29 is 0 Å². The molecule has 0 unspecified atom stereocenters. The van der Waals surface area contributed by atoms with E-state index in [2.05, 4.69) is 19.0 Å². The largest absolute Gasteiger partial charge is 0.396 e. The molecular formula is C12H7ClN6S. The fourth-order valence-electron chi connectivity index (χ4n) is 1.70. The molecule has 0 atom stereocenters. The zero-order valence-electron chi connectivity index (χ0n) is 9.96. The van der Waals surface area contributed by atoms with Gasteiger partial charge in [-0.3, -0.25) is 0 Å². The average Bonchev–Trinajstić information content (AvgIpc) is 2.92. The molecular weight excluding hydrogens is 296 g/mol. The number of hydrogen-bond donors (Lipinski definition) is 2. The maximum absolute atomic E-state index is 8.94. The maximum atomic E-state index is 8.94. The molecule has 3 rings (SSSR count). The summed E-state index contributed by atoms with van der Waals surface area (Å²) >= 11 is 7.28. The van der Waals surface area contributed by atoms with Crippen LogP contribution in [0.5, 0.6) is 0 Å². The number of hydrogen-bond acceptors (Lipinski definition) is 7. The zero-order chi connectivity index (χ0) is 14.1. The predicted molar refractivity (Wildman–Crippen MR) is 79.1 cm³/mol. The number of nitrogens with zero attached hydrogens (tertiary/aromatic N) is 4. The van der Waals surface area contributed by atoms with Crippen LogP contribution >= 0.6 is 23.3 Å². The minimum absolute atomic E-state index is 0.162. The van der Waals surface area contributed by atoms with E-state index in [0.717, 1.165) is 17.2 Å². The number of halogens is 1. The van der Waals surface area contributed by atoms with Gasteiger partial charge in [-0.05, 0) is 24.3 Å². The highest BCUT2D eigenvalue weighted by Crippen LogP contribution is 2.32. The minimum atomic E-state index is 0.162. The summed E-state index contributed by atoms with van der Waals surface area (Å²) in [6, 6.07) is 8.74. The quantitative estimate of drug-likeness (QED) is 0.755. The van der Waals surface area contributed by atoms with E-state index in [1.165, 1.54) is 0 Å². The van der Waals surface area contributed by atoms with Crippen LogP contribution in [0.25, 0.3) is 11.0 Å². The Labute approximate surface area is 123 Å². The fraction of sp³-hybridized carbons (Fsp3) is 0. The van der Waals surface area contributed by atoms with Gasteiger partial charge in [0.1, 0.15) is 22.9 Å². The molecule has 0 amide bonds. The third-order valence-corrected chi connectivity index (χ3v) is 3.52. The number of nitrogens with two attached hydrogens (primary N) is 1. The number of rotatable bonds is 2. The molecule has 98 valence electrons. The van der Waals surface area contributed by atoms with Gasteiger partial charge in [-0.15, -0.1) is 0 Å². The second-order valence-corrected chi connectivity index (χ2v) is 4.86. The minimum Gasteiger partial charge on any atom is -0.396 e. The second-order valence-electron chi connectivity index (χ2n) is 3.93. The Morgan fingerprint density at radius 1 is 1.25 bits per heavy atom. The van der Waals surface area contributed by atoms with Crippen LogP contribution in [0.2, 0.25) is 5.02 Å². The lowest BCUT2D eigenvalue weighted by Crippen LogP contribution is -2.00. The number of anilines is 3. The SMILES string of the molecule is N#Cc1nc(Nc2c(Cl)ccc3nsnc23)ccc1N. The maximum Gasteiger partial charge on any atom is 0.165 e. The topological polar surface area (TPSA) is 101 Å². The Bertz CT molecular complexity index is 838.